The number of nitrogens with one attached hydrogen (secondary N) is 1. The van der Waals surface area contributed by atoms with Crippen molar-refractivity contribution < 1.29 is 4.39 Å². The maximum Gasteiger partial charge on any atom is 0.126 e. The highest BCUT2D eigenvalue weighted by atomic mass is 79.9. The van der Waals surface area contributed by atoms with Crippen LogP contribution in [0.2, 0.25) is 0 Å². The third kappa shape index (κ3) is 2.23. The fourth-order valence-corrected chi connectivity index (χ4v) is 3.55. The molecule has 0 bridgehead atoms. The van der Waals surface area contributed by atoms with Crippen LogP contribution in [0.15, 0.2) is 22.7 Å². The van der Waals surface area contributed by atoms with Crippen LogP contribution in [-0.2, 0) is 0 Å². The van der Waals surface area contributed by atoms with Gasteiger partial charge in [0.2, 0.25) is 0 Å². The number of halogens is 2. The average Bonchev–Trinajstić information content (AvgIpc) is 2.36. The lowest BCUT2D eigenvalue weighted by Crippen LogP contribution is -2.56. The first kappa shape index (κ1) is 14.0. The van der Waals surface area contributed by atoms with Crippen LogP contribution in [0.5, 0.6) is 0 Å². The van der Waals surface area contributed by atoms with Gasteiger partial charge >= 0.3 is 0 Å². The Morgan fingerprint density at radius 3 is 2.78 bits per heavy atom. The maximum atomic E-state index is 14.0. The summed E-state index contributed by atoms with van der Waals surface area (Å²) in [5.41, 5.74) is 1.03. The summed E-state index contributed by atoms with van der Waals surface area (Å²) in [7, 11) is 0. The van der Waals surface area contributed by atoms with Crippen molar-refractivity contribution in [1.82, 2.24) is 5.32 Å². The van der Waals surface area contributed by atoms with Gasteiger partial charge in [-0.1, -0.05) is 36.7 Å². The van der Waals surface area contributed by atoms with Crippen LogP contribution in [0, 0.1) is 11.2 Å². The van der Waals surface area contributed by atoms with Crippen LogP contribution < -0.4 is 5.32 Å². The molecule has 1 fully saturated rings. The van der Waals surface area contributed by atoms with Gasteiger partial charge in [0.25, 0.3) is 0 Å². The lowest BCUT2D eigenvalue weighted by Gasteiger charge is -2.55. The Hall–Kier alpha value is -0.410. The molecule has 100 valence electrons. The van der Waals surface area contributed by atoms with Gasteiger partial charge in [-0.3, -0.25) is 0 Å². The van der Waals surface area contributed by atoms with Gasteiger partial charge in [0.15, 0.2) is 0 Å². The zero-order valence-electron chi connectivity index (χ0n) is 11.3. The van der Waals surface area contributed by atoms with Crippen LogP contribution in [0.3, 0.4) is 0 Å². The van der Waals surface area contributed by atoms with Crippen molar-refractivity contribution in [3.05, 3.63) is 34.1 Å². The molecule has 3 unspecified atom stereocenters. The largest absolute Gasteiger partial charge is 0.314 e. The summed E-state index contributed by atoms with van der Waals surface area (Å²) in [6.07, 6.45) is 2.10. The first-order valence-electron chi connectivity index (χ1n) is 6.71. The molecule has 2 rings (SSSR count). The van der Waals surface area contributed by atoms with Crippen molar-refractivity contribution in [2.75, 3.05) is 6.54 Å². The number of benzene rings is 1. The Morgan fingerprint density at radius 1 is 1.44 bits per heavy atom. The molecule has 3 heteroatoms. The highest BCUT2D eigenvalue weighted by Gasteiger charge is 2.51. The highest BCUT2D eigenvalue weighted by Crippen LogP contribution is 2.55. The number of rotatable bonds is 4. The second-order valence-electron chi connectivity index (χ2n) is 5.42. The van der Waals surface area contributed by atoms with Gasteiger partial charge in [-0.05, 0) is 54.5 Å². The zero-order valence-corrected chi connectivity index (χ0v) is 12.8. The van der Waals surface area contributed by atoms with Crippen LogP contribution >= 0.6 is 15.9 Å². The lowest BCUT2D eigenvalue weighted by molar-refractivity contribution is 0.0435. The van der Waals surface area contributed by atoms with E-state index in [0.29, 0.717) is 12.0 Å². The SMILES string of the molecule is CCNC1CC(c2cc(Br)ccc2F)C1(C)CC. The van der Waals surface area contributed by atoms with Gasteiger partial charge < -0.3 is 5.32 Å². The van der Waals surface area contributed by atoms with E-state index in [-0.39, 0.29) is 11.2 Å². The Morgan fingerprint density at radius 2 is 2.17 bits per heavy atom. The van der Waals surface area contributed by atoms with Crippen molar-refractivity contribution in [1.29, 1.82) is 0 Å². The fraction of sp³-hybridized carbons (Fsp3) is 0.600. The Labute approximate surface area is 117 Å². The molecule has 0 amide bonds. The minimum atomic E-state index is -0.0715. The molecular formula is C15H21BrFN. The van der Waals surface area contributed by atoms with Crippen molar-refractivity contribution in [3.8, 4) is 0 Å². The minimum Gasteiger partial charge on any atom is -0.314 e. The van der Waals surface area contributed by atoms with Crippen LogP contribution in [-0.4, -0.2) is 12.6 Å². The quantitative estimate of drug-likeness (QED) is 0.864. The van der Waals surface area contributed by atoms with E-state index < -0.39 is 0 Å². The summed E-state index contributed by atoms with van der Waals surface area (Å²) in [6, 6.07) is 5.78. The van der Waals surface area contributed by atoms with E-state index in [4.69, 9.17) is 0 Å². The molecule has 3 atom stereocenters. The number of hydrogen-bond donors (Lipinski definition) is 1. The molecule has 0 saturated heterocycles. The molecule has 0 aliphatic heterocycles. The van der Waals surface area contributed by atoms with Crippen LogP contribution in [0.25, 0.3) is 0 Å². The van der Waals surface area contributed by atoms with E-state index in [2.05, 4.69) is 42.0 Å². The van der Waals surface area contributed by atoms with Gasteiger partial charge in [0.1, 0.15) is 5.82 Å². The van der Waals surface area contributed by atoms with Gasteiger partial charge in [-0.25, -0.2) is 4.39 Å². The van der Waals surface area contributed by atoms with Crippen molar-refractivity contribution in [2.45, 2.75) is 45.6 Å². The zero-order chi connectivity index (χ0) is 13.3. The number of hydrogen-bond acceptors (Lipinski definition) is 1. The molecule has 1 aromatic carbocycles. The van der Waals surface area contributed by atoms with Crippen molar-refractivity contribution >= 4 is 15.9 Å². The van der Waals surface area contributed by atoms with E-state index in [0.717, 1.165) is 29.4 Å². The first-order valence-corrected chi connectivity index (χ1v) is 7.50. The third-order valence-corrected chi connectivity index (χ3v) is 5.10. The molecule has 1 nitrogen and oxygen atoms in total. The Bertz CT molecular complexity index is 435. The predicted octanol–water partition coefficient (Wildman–Crippen LogP) is 4.47. The van der Waals surface area contributed by atoms with Gasteiger partial charge in [-0.15, -0.1) is 0 Å². The lowest BCUT2D eigenvalue weighted by atomic mass is 9.54. The Kier molecular flexibility index (Phi) is 4.12. The first-order chi connectivity index (χ1) is 8.52. The van der Waals surface area contributed by atoms with Gasteiger partial charge in [0.05, 0.1) is 0 Å². The highest BCUT2D eigenvalue weighted by molar-refractivity contribution is 9.10. The third-order valence-electron chi connectivity index (χ3n) is 4.61. The molecule has 18 heavy (non-hydrogen) atoms. The fourth-order valence-electron chi connectivity index (χ4n) is 3.18. The molecule has 0 heterocycles. The minimum absolute atomic E-state index is 0.0715. The molecule has 0 spiro atoms. The van der Waals surface area contributed by atoms with E-state index in [9.17, 15) is 4.39 Å². The second-order valence-corrected chi connectivity index (χ2v) is 6.34. The molecule has 1 N–H and O–H groups in total. The van der Waals surface area contributed by atoms with Crippen LogP contribution in [0.1, 0.15) is 45.1 Å². The molecule has 1 aliphatic carbocycles. The molecule has 1 aromatic rings. The summed E-state index contributed by atoms with van der Waals surface area (Å²) in [4.78, 5) is 0. The molecule has 0 aromatic heterocycles. The van der Waals surface area contributed by atoms with Gasteiger partial charge in [-0.2, -0.15) is 0 Å². The summed E-state index contributed by atoms with van der Waals surface area (Å²) < 4.78 is 15.0. The summed E-state index contributed by atoms with van der Waals surface area (Å²) in [5, 5.41) is 3.52. The normalized spacial score (nSPS) is 31.2. The average molecular weight is 314 g/mol. The predicted molar refractivity (Wildman–Crippen MR) is 77.3 cm³/mol. The Balaban J connectivity index is 2.27. The molecule has 0 radical (unpaired) electrons. The van der Waals surface area contributed by atoms with E-state index in [1.54, 1.807) is 12.1 Å². The van der Waals surface area contributed by atoms with E-state index in [1.165, 1.54) is 0 Å². The monoisotopic (exact) mass is 313 g/mol. The summed E-state index contributed by atoms with van der Waals surface area (Å²) in [5.74, 6) is 0.252. The molecule has 1 aliphatic rings. The van der Waals surface area contributed by atoms with E-state index in [1.807, 2.05) is 6.07 Å². The smallest absolute Gasteiger partial charge is 0.126 e. The van der Waals surface area contributed by atoms with Gasteiger partial charge in [0, 0.05) is 10.5 Å². The van der Waals surface area contributed by atoms with Crippen molar-refractivity contribution in [3.63, 3.8) is 0 Å². The molecule has 1 saturated carbocycles. The summed E-state index contributed by atoms with van der Waals surface area (Å²) in [6.45, 7) is 7.58. The standard InChI is InChI=1S/C15H21BrFN/c1-4-15(3)12(9-14(15)18-5-2)11-8-10(16)6-7-13(11)17/h6-8,12,14,18H,4-5,9H2,1-3H3. The maximum absolute atomic E-state index is 14.0. The van der Waals surface area contributed by atoms with E-state index >= 15 is 0 Å². The van der Waals surface area contributed by atoms with Crippen LogP contribution in [0.4, 0.5) is 4.39 Å². The topological polar surface area (TPSA) is 12.0 Å². The second kappa shape index (κ2) is 5.30. The van der Waals surface area contributed by atoms with Crippen molar-refractivity contribution in [2.24, 2.45) is 5.41 Å². The summed E-state index contributed by atoms with van der Waals surface area (Å²) >= 11 is 3.44. The molecular weight excluding hydrogens is 293 g/mol.